The number of ether oxygens (including phenoxy) is 1. The number of nitrogens with zero attached hydrogens (tertiary/aromatic N) is 2. The van der Waals surface area contributed by atoms with Gasteiger partial charge in [0.05, 0.1) is 43.2 Å². The average Bonchev–Trinajstić information content (AvgIpc) is 4.19. The lowest BCUT2D eigenvalue weighted by Gasteiger charge is -2.32. The Kier molecular flexibility index (Phi) is 22.9. The third-order valence-electron chi connectivity index (χ3n) is 14.8. The van der Waals surface area contributed by atoms with Crippen molar-refractivity contribution < 1.29 is 79.2 Å². The summed E-state index contributed by atoms with van der Waals surface area (Å²) < 4.78 is 5.85. The standard InChI is InChI=1S/C59H77N7O16/c1-6-7-8-25-82-45-23-19-39(20-24-45)37-11-9-36(10-12-37)38-13-15-41(16-14-38)54(76)63-46(26-43(71)28-60-57(79)50-51(73)32(2)29-66(50)58(80)48(34(4)68)61-31-67)55(77)64-49(35(5)69)59(81)65-30-44(72)27-47(65)56(78)62-33(3)52(74)53(75)40-17-21-42(70)22-18-40/h9-24,31-35,43-44,46-53,68-75H,6-8,25-30H2,1-5H3,(H,60,79)(H,61,67)(H,62,78)(H,63,76)(H,64,77)/t32-,33?,34+,35+,43+,44+,46?,47?,48?,49?,50?,51-,52-,53-/m0/s1. The number of unbranched alkanes of at least 4 members (excludes halogenated alkanes) is 2. The minimum absolute atomic E-state index is 0.0737. The second kappa shape index (κ2) is 29.5. The Hall–Kier alpha value is -7.51. The van der Waals surface area contributed by atoms with E-state index in [1.54, 1.807) is 19.1 Å². The summed E-state index contributed by atoms with van der Waals surface area (Å²) in [6.07, 6.45) is -7.95. The zero-order valence-electron chi connectivity index (χ0n) is 46.5. The fraction of sp³-hybridized carbons (Fsp3) is 0.475. The monoisotopic (exact) mass is 1140 g/mol. The van der Waals surface area contributed by atoms with Crippen molar-refractivity contribution in [3.63, 3.8) is 0 Å². The number of carbonyl (C=O) groups excluding carboxylic acids is 7. The van der Waals surface area contributed by atoms with Crippen LogP contribution in [0.3, 0.4) is 0 Å². The van der Waals surface area contributed by atoms with Gasteiger partial charge in [0.25, 0.3) is 5.91 Å². The fourth-order valence-corrected chi connectivity index (χ4v) is 10.0. The Morgan fingerprint density at radius 1 is 0.695 bits per heavy atom. The van der Waals surface area contributed by atoms with Gasteiger partial charge in [-0.3, -0.25) is 33.6 Å². The molecule has 2 aliphatic rings. The number of β-amino-alcohol motifs (C(OH)–C–C–N with tert-alkyl or cyclic N) is 1. The predicted molar refractivity (Wildman–Crippen MR) is 299 cm³/mol. The Labute approximate surface area is 475 Å². The van der Waals surface area contributed by atoms with Crippen molar-refractivity contribution in [1.82, 2.24) is 36.4 Å². The molecule has 13 N–H and O–H groups in total. The minimum atomic E-state index is -1.82. The van der Waals surface area contributed by atoms with Gasteiger partial charge in [0, 0.05) is 44.0 Å². The first-order chi connectivity index (χ1) is 39.0. The first-order valence-electron chi connectivity index (χ1n) is 27.5. The second-order valence-corrected chi connectivity index (χ2v) is 21.2. The summed E-state index contributed by atoms with van der Waals surface area (Å²) >= 11 is 0. The zero-order valence-corrected chi connectivity index (χ0v) is 46.5. The van der Waals surface area contributed by atoms with E-state index in [9.17, 15) is 74.4 Å². The Morgan fingerprint density at radius 2 is 1.26 bits per heavy atom. The van der Waals surface area contributed by atoms with Gasteiger partial charge in [-0.25, -0.2) is 0 Å². The van der Waals surface area contributed by atoms with E-state index in [0.717, 1.165) is 57.1 Å². The van der Waals surface area contributed by atoms with Gasteiger partial charge in [0.15, 0.2) is 0 Å². The minimum Gasteiger partial charge on any atom is -0.508 e. The normalized spacial score (nSPS) is 21.1. The van der Waals surface area contributed by atoms with E-state index in [2.05, 4.69) is 33.5 Å². The third-order valence-corrected chi connectivity index (χ3v) is 14.8. The maximum absolute atomic E-state index is 14.4. The molecule has 2 saturated heterocycles. The topological polar surface area (TPSA) is 357 Å². The number of hydrogen-bond donors (Lipinski definition) is 13. The summed E-state index contributed by atoms with van der Waals surface area (Å²) in [4.78, 5) is 96.9. The van der Waals surface area contributed by atoms with Gasteiger partial charge in [0.1, 0.15) is 53.9 Å². The molecule has 0 saturated carbocycles. The van der Waals surface area contributed by atoms with Gasteiger partial charge < -0.3 is 82.0 Å². The highest BCUT2D eigenvalue weighted by Crippen LogP contribution is 2.29. The van der Waals surface area contributed by atoms with Gasteiger partial charge in [0.2, 0.25) is 35.9 Å². The van der Waals surface area contributed by atoms with Crippen LogP contribution >= 0.6 is 0 Å². The molecule has 7 amide bonds. The van der Waals surface area contributed by atoms with Crippen LogP contribution in [-0.2, 0) is 28.8 Å². The number of benzene rings is 4. The second-order valence-electron chi connectivity index (χ2n) is 21.2. The van der Waals surface area contributed by atoms with Crippen LogP contribution in [0.1, 0.15) is 88.7 Å². The molecule has 4 aromatic carbocycles. The van der Waals surface area contributed by atoms with Gasteiger partial charge >= 0.3 is 0 Å². The Bertz CT molecular complexity index is 2790. The van der Waals surface area contributed by atoms with Crippen LogP contribution in [0, 0.1) is 5.92 Å². The van der Waals surface area contributed by atoms with E-state index in [4.69, 9.17) is 4.74 Å². The molecule has 4 aromatic rings. The van der Waals surface area contributed by atoms with Crippen LogP contribution in [-0.4, -0.2) is 192 Å². The number of likely N-dealkylation sites (tertiary alicyclic amines) is 2. The summed E-state index contributed by atoms with van der Waals surface area (Å²) in [5, 5.41) is 98.0. The summed E-state index contributed by atoms with van der Waals surface area (Å²) in [5.74, 6) is -5.49. The molecule has 2 aliphatic heterocycles. The van der Waals surface area contributed by atoms with Crippen molar-refractivity contribution in [3.05, 3.63) is 108 Å². The molecule has 82 heavy (non-hydrogen) atoms. The van der Waals surface area contributed by atoms with E-state index in [-0.39, 0.29) is 36.3 Å². The molecule has 444 valence electrons. The first-order valence-corrected chi connectivity index (χ1v) is 27.5. The van der Waals surface area contributed by atoms with Gasteiger partial charge in [-0.05, 0) is 91.4 Å². The van der Waals surface area contributed by atoms with Gasteiger partial charge in [-0.2, -0.15) is 0 Å². The number of rotatable bonds is 27. The quantitative estimate of drug-likeness (QED) is 0.0284. The number of aliphatic hydroxyl groups excluding tert-OH is 7. The number of phenols is 1. The predicted octanol–water partition coefficient (Wildman–Crippen LogP) is 0.391. The fourth-order valence-electron chi connectivity index (χ4n) is 10.0. The Morgan fingerprint density at radius 3 is 1.82 bits per heavy atom. The summed E-state index contributed by atoms with van der Waals surface area (Å²) in [6, 6.07) is 18.3. The summed E-state index contributed by atoms with van der Waals surface area (Å²) in [6.45, 7) is 7.02. The Balaban J connectivity index is 1.18. The van der Waals surface area contributed by atoms with E-state index in [1.807, 2.05) is 48.5 Å². The van der Waals surface area contributed by atoms with Crippen molar-refractivity contribution in [3.8, 4) is 33.8 Å². The molecular weight excluding hydrogens is 1060 g/mol. The molecule has 6 unspecified atom stereocenters. The number of nitrogens with one attached hydrogen (secondary N) is 5. The van der Waals surface area contributed by atoms with E-state index in [0.29, 0.717) is 6.61 Å². The lowest BCUT2D eigenvalue weighted by molar-refractivity contribution is -0.144. The van der Waals surface area contributed by atoms with E-state index in [1.165, 1.54) is 57.2 Å². The average molecular weight is 1140 g/mol. The maximum Gasteiger partial charge on any atom is 0.251 e. The number of carbonyl (C=O) groups is 7. The molecule has 23 heteroatoms. The number of amides is 7. The lowest BCUT2D eigenvalue weighted by Crippen LogP contribution is -2.60. The van der Waals surface area contributed by atoms with E-state index < -0.39 is 140 Å². The summed E-state index contributed by atoms with van der Waals surface area (Å²) in [7, 11) is 0. The smallest absolute Gasteiger partial charge is 0.251 e. The van der Waals surface area contributed by atoms with Crippen LogP contribution in [0.15, 0.2) is 97.1 Å². The maximum atomic E-state index is 14.4. The first kappa shape index (κ1) is 63.7. The molecule has 0 aromatic heterocycles. The zero-order chi connectivity index (χ0) is 59.9. The summed E-state index contributed by atoms with van der Waals surface area (Å²) in [5.41, 5.74) is 3.84. The van der Waals surface area contributed by atoms with Gasteiger partial charge in [-0.15, -0.1) is 0 Å². The highest BCUT2D eigenvalue weighted by Gasteiger charge is 2.48. The molecule has 2 fully saturated rings. The van der Waals surface area contributed by atoms with Crippen LogP contribution in [0.4, 0.5) is 0 Å². The van der Waals surface area contributed by atoms with Gasteiger partial charge in [-0.1, -0.05) is 87.4 Å². The van der Waals surface area contributed by atoms with Crippen molar-refractivity contribution in [2.75, 3.05) is 26.2 Å². The van der Waals surface area contributed by atoms with Crippen LogP contribution in [0.25, 0.3) is 22.3 Å². The SMILES string of the molecule is CCCCCOc1ccc(-c2ccc(-c3ccc(C(=O)NC(C[C@@H](O)CNC(=O)C4[C@@H](O)[C@@H](C)CN4C(=O)C(NC=O)[C@@H](C)O)C(=O)NC(C(=O)N4C[C@H](O)CC4C(=O)NC(C)[C@H](O)[C@@H](O)c4ccc(O)cc4)[C@@H](C)O)cc3)cc2)cc1. The highest BCUT2D eigenvalue weighted by atomic mass is 16.5. The van der Waals surface area contributed by atoms with Crippen LogP contribution in [0.2, 0.25) is 0 Å². The molecular formula is C59H77N7O16. The largest absolute Gasteiger partial charge is 0.508 e. The van der Waals surface area contributed by atoms with Crippen molar-refractivity contribution in [2.24, 2.45) is 5.92 Å². The van der Waals surface area contributed by atoms with Crippen molar-refractivity contribution in [2.45, 2.75) is 146 Å². The molecule has 23 nitrogen and oxygen atoms in total. The number of hydrogen-bond acceptors (Lipinski definition) is 16. The highest BCUT2D eigenvalue weighted by molar-refractivity contribution is 5.99. The lowest BCUT2D eigenvalue weighted by atomic mass is 9.99. The molecule has 0 radical (unpaired) electrons. The third kappa shape index (κ3) is 16.4. The molecule has 0 bridgehead atoms. The molecule has 14 atom stereocenters. The molecule has 6 rings (SSSR count). The number of aliphatic hydroxyl groups is 7. The van der Waals surface area contributed by atoms with Crippen molar-refractivity contribution >= 4 is 41.9 Å². The molecule has 0 spiro atoms. The van der Waals surface area contributed by atoms with Crippen molar-refractivity contribution in [1.29, 1.82) is 0 Å². The molecule has 0 aliphatic carbocycles. The van der Waals surface area contributed by atoms with Crippen LogP contribution in [0.5, 0.6) is 11.5 Å². The van der Waals surface area contributed by atoms with Crippen LogP contribution < -0.4 is 31.3 Å². The number of aromatic hydroxyl groups is 1. The van der Waals surface area contributed by atoms with E-state index >= 15 is 0 Å². The number of phenolic OH excluding ortho intramolecular Hbond substituents is 1. The molecule has 2 heterocycles.